The van der Waals surface area contributed by atoms with Crippen molar-refractivity contribution < 1.29 is 16.1 Å². The number of hydrogen-bond acceptors (Lipinski definition) is 5. The lowest BCUT2D eigenvalue weighted by molar-refractivity contribution is -0.114. The number of fused-ring (bicyclic) bond motifs is 1. The molecule has 1 amide bonds. The van der Waals surface area contributed by atoms with Gasteiger partial charge in [-0.05, 0) is 36.8 Å². The molecule has 0 saturated heterocycles. The van der Waals surface area contributed by atoms with Crippen LogP contribution >= 0.6 is 0 Å². The fourth-order valence-corrected chi connectivity index (χ4v) is 3.50. The van der Waals surface area contributed by atoms with E-state index < -0.39 is 15.9 Å². The average Bonchev–Trinajstić information content (AvgIpc) is 2.64. The van der Waals surface area contributed by atoms with Crippen molar-refractivity contribution in [3.05, 3.63) is 53.9 Å². The van der Waals surface area contributed by atoms with E-state index >= 15 is 0 Å². The van der Waals surface area contributed by atoms with E-state index in [0.717, 1.165) is 11.3 Å². The van der Waals surface area contributed by atoms with E-state index in [1.54, 1.807) is 25.3 Å². The Kier molecular flexibility index (Phi) is 6.46. The number of amides is 1. The second-order valence-electron chi connectivity index (χ2n) is 5.37. The van der Waals surface area contributed by atoms with Gasteiger partial charge in [0.2, 0.25) is 5.84 Å². The van der Waals surface area contributed by atoms with Crippen LogP contribution in [0.3, 0.4) is 0 Å². The van der Waals surface area contributed by atoms with Gasteiger partial charge in [-0.25, -0.2) is 0 Å². The molecule has 0 fully saturated rings. The number of nitrogens with zero attached hydrogens (tertiary/aromatic N) is 2. The van der Waals surface area contributed by atoms with Gasteiger partial charge in [0.25, 0.3) is 15.9 Å². The minimum Gasteiger partial charge on any atom is -0.349 e. The number of amidine groups is 1. The topological polar surface area (TPSA) is 101 Å². The first-order valence-corrected chi connectivity index (χ1v) is 9.80. The summed E-state index contributed by atoms with van der Waals surface area (Å²) in [4.78, 5) is 16.4. The van der Waals surface area contributed by atoms with Crippen LogP contribution in [0, 0.1) is 6.92 Å². The standard InChI is InChI=1S/C16H16N4O3S.C2H6.2H2/c1-11-5-6-13-14(10-11)24(22,23)20-15(19-13)16(21)18-9-7-12-4-2-3-8-17-12;1-2;;/h2-6,8,10H,7,9H2,1H3,(H,18,21)(H,19,20);1-2H3;2*1H. The smallest absolute Gasteiger partial charge is 0.287 e. The lowest BCUT2D eigenvalue weighted by Gasteiger charge is -2.18. The van der Waals surface area contributed by atoms with Gasteiger partial charge in [-0.3, -0.25) is 9.78 Å². The number of aryl methyl sites for hydroxylation is 1. The van der Waals surface area contributed by atoms with Crippen molar-refractivity contribution in [3.8, 4) is 0 Å². The maximum atomic E-state index is 12.2. The van der Waals surface area contributed by atoms with Crippen molar-refractivity contribution in [2.24, 2.45) is 4.40 Å². The largest absolute Gasteiger partial charge is 0.349 e. The molecule has 3 rings (SSSR count). The van der Waals surface area contributed by atoms with Gasteiger partial charge in [0.15, 0.2) is 0 Å². The summed E-state index contributed by atoms with van der Waals surface area (Å²) < 4.78 is 28.0. The molecule has 8 heteroatoms. The van der Waals surface area contributed by atoms with Crippen LogP contribution in [0.2, 0.25) is 0 Å². The lowest BCUT2D eigenvalue weighted by atomic mass is 10.2. The Morgan fingerprint density at radius 1 is 1.23 bits per heavy atom. The zero-order chi connectivity index (χ0) is 19.2. The average molecular weight is 378 g/mol. The monoisotopic (exact) mass is 378 g/mol. The number of nitrogens with one attached hydrogen (secondary N) is 2. The zero-order valence-electron chi connectivity index (χ0n) is 15.0. The Labute approximate surface area is 156 Å². The van der Waals surface area contributed by atoms with E-state index in [2.05, 4.69) is 20.0 Å². The molecule has 2 heterocycles. The van der Waals surface area contributed by atoms with Gasteiger partial charge >= 0.3 is 0 Å². The summed E-state index contributed by atoms with van der Waals surface area (Å²) in [5, 5.41) is 5.42. The van der Waals surface area contributed by atoms with Crippen LogP contribution in [0.15, 0.2) is 51.9 Å². The van der Waals surface area contributed by atoms with Gasteiger partial charge in [0.05, 0.1) is 5.69 Å². The highest BCUT2D eigenvalue weighted by atomic mass is 32.2. The van der Waals surface area contributed by atoms with Crippen LogP contribution in [0.5, 0.6) is 0 Å². The summed E-state index contributed by atoms with van der Waals surface area (Å²) in [7, 11) is -3.88. The maximum absolute atomic E-state index is 12.2. The Morgan fingerprint density at radius 3 is 2.69 bits per heavy atom. The molecule has 2 aromatic rings. The minimum atomic E-state index is -3.88. The number of carbonyl (C=O) groups is 1. The molecular weight excluding hydrogens is 352 g/mol. The van der Waals surface area contributed by atoms with Gasteiger partial charge in [-0.2, -0.15) is 8.42 Å². The second kappa shape index (κ2) is 8.57. The SMILES string of the molecule is CC.Cc1ccc2c(c1)S(=O)(=O)N=C(C(=O)NCCc1ccccn1)N2.[HH].[HH]. The Morgan fingerprint density at radius 2 is 2.00 bits per heavy atom. The number of rotatable bonds is 4. The summed E-state index contributed by atoms with van der Waals surface area (Å²) in [6, 6.07) is 10.4. The highest BCUT2D eigenvalue weighted by Gasteiger charge is 2.27. The third kappa shape index (κ3) is 4.66. The molecule has 1 aliphatic heterocycles. The molecule has 0 saturated carbocycles. The van der Waals surface area contributed by atoms with Crippen molar-refractivity contribution in [2.45, 2.75) is 32.1 Å². The molecule has 0 unspecified atom stereocenters. The molecule has 1 aliphatic rings. The molecule has 7 nitrogen and oxygen atoms in total. The fourth-order valence-electron chi connectivity index (χ4n) is 2.30. The molecule has 0 atom stereocenters. The van der Waals surface area contributed by atoms with E-state index in [9.17, 15) is 13.2 Å². The van der Waals surface area contributed by atoms with Crippen LogP contribution in [-0.4, -0.2) is 31.7 Å². The lowest BCUT2D eigenvalue weighted by Crippen LogP contribution is -2.39. The molecular formula is C18H26N4O3S. The third-order valence-electron chi connectivity index (χ3n) is 3.49. The number of aromatic nitrogens is 1. The molecule has 0 bridgehead atoms. The van der Waals surface area contributed by atoms with E-state index in [-0.39, 0.29) is 13.6 Å². The van der Waals surface area contributed by atoms with Crippen molar-refractivity contribution in [1.29, 1.82) is 0 Å². The molecule has 0 aliphatic carbocycles. The molecule has 26 heavy (non-hydrogen) atoms. The summed E-state index contributed by atoms with van der Waals surface area (Å²) >= 11 is 0. The summed E-state index contributed by atoms with van der Waals surface area (Å²) in [6.07, 6.45) is 2.22. The van der Waals surface area contributed by atoms with E-state index in [1.165, 1.54) is 6.07 Å². The quantitative estimate of drug-likeness (QED) is 0.852. The van der Waals surface area contributed by atoms with Crippen molar-refractivity contribution >= 4 is 27.5 Å². The number of sulfonamides is 1. The number of pyridine rings is 1. The van der Waals surface area contributed by atoms with Crippen molar-refractivity contribution in [2.75, 3.05) is 11.9 Å². The van der Waals surface area contributed by atoms with Gasteiger partial charge in [0, 0.05) is 27.7 Å². The van der Waals surface area contributed by atoms with Crippen molar-refractivity contribution in [3.63, 3.8) is 0 Å². The van der Waals surface area contributed by atoms with Crippen molar-refractivity contribution in [1.82, 2.24) is 10.3 Å². The third-order valence-corrected chi connectivity index (χ3v) is 4.80. The Bertz CT molecular complexity index is 920. The summed E-state index contributed by atoms with van der Waals surface area (Å²) in [5.41, 5.74) is 1.99. The first kappa shape index (κ1) is 19.6. The van der Waals surface area contributed by atoms with Crippen LogP contribution in [-0.2, 0) is 21.2 Å². The predicted molar refractivity (Wildman–Crippen MR) is 106 cm³/mol. The molecule has 2 N–H and O–H groups in total. The Balaban J connectivity index is 0.00000177. The van der Waals surface area contributed by atoms with Gasteiger partial charge in [-0.1, -0.05) is 26.0 Å². The highest BCUT2D eigenvalue weighted by molar-refractivity contribution is 7.90. The van der Waals surface area contributed by atoms with Crippen LogP contribution in [0.25, 0.3) is 0 Å². The van der Waals surface area contributed by atoms with Gasteiger partial charge in [-0.15, -0.1) is 4.40 Å². The van der Waals surface area contributed by atoms with E-state index in [0.29, 0.717) is 18.7 Å². The van der Waals surface area contributed by atoms with Crippen LogP contribution in [0.4, 0.5) is 5.69 Å². The number of anilines is 1. The summed E-state index contributed by atoms with van der Waals surface area (Å²) in [5.74, 6) is -0.798. The maximum Gasteiger partial charge on any atom is 0.287 e. The minimum absolute atomic E-state index is 0. The predicted octanol–water partition coefficient (Wildman–Crippen LogP) is 2.78. The number of hydrogen-bond donors (Lipinski definition) is 2. The van der Waals surface area contributed by atoms with E-state index in [4.69, 9.17) is 0 Å². The molecule has 0 radical (unpaired) electrons. The molecule has 1 aromatic heterocycles. The zero-order valence-corrected chi connectivity index (χ0v) is 15.8. The highest BCUT2D eigenvalue weighted by Crippen LogP contribution is 2.27. The number of benzene rings is 1. The van der Waals surface area contributed by atoms with Gasteiger partial charge < -0.3 is 10.6 Å². The van der Waals surface area contributed by atoms with Crippen LogP contribution in [0.1, 0.15) is 28.0 Å². The number of carbonyl (C=O) groups excluding carboxylic acids is 1. The first-order chi connectivity index (χ1) is 12.5. The fraction of sp³-hybridized carbons (Fsp3) is 0.278. The van der Waals surface area contributed by atoms with Gasteiger partial charge in [0.1, 0.15) is 4.90 Å². The first-order valence-electron chi connectivity index (χ1n) is 8.36. The molecule has 142 valence electrons. The second-order valence-corrected chi connectivity index (χ2v) is 6.94. The van der Waals surface area contributed by atoms with Crippen LogP contribution < -0.4 is 10.6 Å². The molecule has 1 aromatic carbocycles. The normalized spacial score (nSPS) is 14.0. The van der Waals surface area contributed by atoms with E-state index in [1.807, 2.05) is 32.0 Å². The summed E-state index contributed by atoms with van der Waals surface area (Å²) in [6.45, 7) is 6.12. The Hall–Kier alpha value is -2.74. The molecule has 0 spiro atoms.